The largest absolute Gasteiger partial charge is 0.375 e. The topological polar surface area (TPSA) is 27.7 Å². The molecule has 4 atom stereocenters. The van der Waals surface area contributed by atoms with Crippen LogP contribution in [0.3, 0.4) is 0 Å². The lowest BCUT2D eigenvalue weighted by Gasteiger charge is -2.43. The Labute approximate surface area is 103 Å². The number of rotatable bonds is 5. The van der Waals surface area contributed by atoms with Crippen molar-refractivity contribution in [1.82, 2.24) is 0 Å². The van der Waals surface area contributed by atoms with Crippen LogP contribution < -0.4 is 0 Å². The molecule has 3 nitrogen and oxygen atoms in total. The smallest absolute Gasteiger partial charge is 0.0877 e. The minimum Gasteiger partial charge on any atom is -0.375 e. The third kappa shape index (κ3) is 3.18. The summed E-state index contributed by atoms with van der Waals surface area (Å²) in [5, 5.41) is 0. The number of hydrogen-bond donors (Lipinski definition) is 0. The maximum atomic E-state index is 6.08. The fourth-order valence-corrected chi connectivity index (χ4v) is 2.62. The average Bonchev–Trinajstić information content (AvgIpc) is 2.36. The van der Waals surface area contributed by atoms with Crippen molar-refractivity contribution in [3.8, 4) is 0 Å². The Bertz CT molecular complexity index is 264. The third-order valence-corrected chi connectivity index (χ3v) is 3.44. The summed E-state index contributed by atoms with van der Waals surface area (Å²) >= 11 is 0. The summed E-state index contributed by atoms with van der Waals surface area (Å²) in [5.74, 6) is 0. The van der Waals surface area contributed by atoms with E-state index in [0.717, 1.165) is 32.3 Å². The van der Waals surface area contributed by atoms with Gasteiger partial charge in [0.05, 0.1) is 31.0 Å². The highest BCUT2D eigenvalue weighted by atomic mass is 16.6. The van der Waals surface area contributed by atoms with Crippen LogP contribution in [0.2, 0.25) is 0 Å². The van der Waals surface area contributed by atoms with Gasteiger partial charge in [0.15, 0.2) is 0 Å². The Kier molecular flexibility index (Phi) is 4.77. The molecule has 2 unspecified atom stereocenters. The molecule has 96 valence electrons. The number of fused-ring (bicyclic) bond motifs is 1. The molecule has 0 aliphatic carbocycles. The number of hydrogen-bond acceptors (Lipinski definition) is 3. The van der Waals surface area contributed by atoms with Crippen LogP contribution in [0.5, 0.6) is 0 Å². The van der Waals surface area contributed by atoms with E-state index < -0.39 is 0 Å². The van der Waals surface area contributed by atoms with Gasteiger partial charge in [-0.15, -0.1) is 13.2 Å². The van der Waals surface area contributed by atoms with E-state index in [1.165, 1.54) is 0 Å². The molecule has 0 saturated carbocycles. The van der Waals surface area contributed by atoms with Crippen molar-refractivity contribution >= 4 is 0 Å². The molecule has 17 heavy (non-hydrogen) atoms. The van der Waals surface area contributed by atoms with Crippen LogP contribution in [0.25, 0.3) is 0 Å². The lowest BCUT2D eigenvalue weighted by molar-refractivity contribution is -0.209. The van der Waals surface area contributed by atoms with Crippen LogP contribution in [0.4, 0.5) is 0 Å². The van der Waals surface area contributed by atoms with Crippen LogP contribution in [0.1, 0.15) is 25.7 Å². The maximum absolute atomic E-state index is 6.08. The molecule has 2 heterocycles. The zero-order chi connectivity index (χ0) is 12.1. The Balaban J connectivity index is 1.96. The maximum Gasteiger partial charge on any atom is 0.0877 e. The zero-order valence-corrected chi connectivity index (χ0v) is 10.3. The molecular formula is C14H22O3. The van der Waals surface area contributed by atoms with Crippen molar-refractivity contribution in [2.24, 2.45) is 0 Å². The first-order valence-corrected chi connectivity index (χ1v) is 6.45. The van der Waals surface area contributed by atoms with Gasteiger partial charge in [0.2, 0.25) is 0 Å². The summed E-state index contributed by atoms with van der Waals surface area (Å²) in [4.78, 5) is 0. The standard InChI is InChI=1S/C14H22O3/c1-3-6-11-13(15-8-4-2)10-14-12(17-11)7-5-9-16-14/h3-4,11-14H,1-2,5-10H2/t11?,12-,13?,14-/m1/s1. The van der Waals surface area contributed by atoms with Crippen molar-refractivity contribution in [3.63, 3.8) is 0 Å². The Morgan fingerprint density at radius 2 is 2.12 bits per heavy atom. The minimum absolute atomic E-state index is 0.102. The normalized spacial score (nSPS) is 37.2. The van der Waals surface area contributed by atoms with E-state index >= 15 is 0 Å². The van der Waals surface area contributed by atoms with Gasteiger partial charge in [-0.25, -0.2) is 0 Å². The summed E-state index contributed by atoms with van der Waals surface area (Å²) in [5.41, 5.74) is 0. The molecule has 0 aromatic rings. The summed E-state index contributed by atoms with van der Waals surface area (Å²) in [7, 11) is 0. The quantitative estimate of drug-likeness (QED) is 0.689. The van der Waals surface area contributed by atoms with Crippen molar-refractivity contribution in [2.45, 2.75) is 50.1 Å². The molecule has 2 aliphatic heterocycles. The van der Waals surface area contributed by atoms with Crippen LogP contribution in [-0.4, -0.2) is 37.6 Å². The molecule has 0 bridgehead atoms. The van der Waals surface area contributed by atoms with Gasteiger partial charge in [-0.05, 0) is 19.3 Å². The SMILES string of the molecule is C=CCOC1C[C@H]2OCCC[C@H]2OC1CC=C. The second kappa shape index (κ2) is 6.34. The molecule has 0 radical (unpaired) electrons. The molecule has 2 saturated heterocycles. The highest BCUT2D eigenvalue weighted by molar-refractivity contribution is 4.91. The predicted molar refractivity (Wildman–Crippen MR) is 67.0 cm³/mol. The van der Waals surface area contributed by atoms with Gasteiger partial charge in [-0.3, -0.25) is 0 Å². The Morgan fingerprint density at radius 1 is 1.24 bits per heavy atom. The molecule has 0 N–H and O–H groups in total. The summed E-state index contributed by atoms with van der Waals surface area (Å²) in [6, 6.07) is 0. The van der Waals surface area contributed by atoms with E-state index in [2.05, 4.69) is 13.2 Å². The van der Waals surface area contributed by atoms with E-state index in [-0.39, 0.29) is 24.4 Å². The lowest BCUT2D eigenvalue weighted by atomic mass is 9.92. The van der Waals surface area contributed by atoms with Crippen molar-refractivity contribution in [1.29, 1.82) is 0 Å². The van der Waals surface area contributed by atoms with Gasteiger partial charge in [-0.1, -0.05) is 12.2 Å². The van der Waals surface area contributed by atoms with Crippen molar-refractivity contribution < 1.29 is 14.2 Å². The van der Waals surface area contributed by atoms with Gasteiger partial charge in [0.25, 0.3) is 0 Å². The van der Waals surface area contributed by atoms with Gasteiger partial charge < -0.3 is 14.2 Å². The lowest BCUT2D eigenvalue weighted by Crippen LogP contribution is -2.50. The second-order valence-electron chi connectivity index (χ2n) is 4.68. The highest BCUT2D eigenvalue weighted by Crippen LogP contribution is 2.31. The zero-order valence-electron chi connectivity index (χ0n) is 10.3. The second-order valence-corrected chi connectivity index (χ2v) is 4.68. The van der Waals surface area contributed by atoms with E-state index in [4.69, 9.17) is 14.2 Å². The van der Waals surface area contributed by atoms with Gasteiger partial charge in [-0.2, -0.15) is 0 Å². The molecule has 2 fully saturated rings. The molecule has 2 aliphatic rings. The fourth-order valence-electron chi connectivity index (χ4n) is 2.62. The van der Waals surface area contributed by atoms with Gasteiger partial charge in [0, 0.05) is 13.0 Å². The third-order valence-electron chi connectivity index (χ3n) is 3.44. The van der Waals surface area contributed by atoms with Crippen LogP contribution in [0.15, 0.2) is 25.3 Å². The van der Waals surface area contributed by atoms with Crippen molar-refractivity contribution in [2.75, 3.05) is 13.2 Å². The summed E-state index contributed by atoms with van der Waals surface area (Å²) in [6.07, 6.45) is 8.32. The van der Waals surface area contributed by atoms with E-state index in [9.17, 15) is 0 Å². The van der Waals surface area contributed by atoms with Crippen LogP contribution >= 0.6 is 0 Å². The molecule has 0 amide bonds. The molecule has 0 aromatic carbocycles. The first-order chi connectivity index (χ1) is 8.35. The first kappa shape index (κ1) is 12.8. The van der Waals surface area contributed by atoms with Crippen LogP contribution in [0, 0.1) is 0 Å². The van der Waals surface area contributed by atoms with Crippen molar-refractivity contribution in [3.05, 3.63) is 25.3 Å². The highest BCUT2D eigenvalue weighted by Gasteiger charge is 2.39. The Hall–Kier alpha value is -0.640. The molecule has 3 heteroatoms. The summed E-state index contributed by atoms with van der Waals surface area (Å²) in [6.45, 7) is 8.89. The van der Waals surface area contributed by atoms with E-state index in [1.807, 2.05) is 6.08 Å². The predicted octanol–water partition coefficient (Wildman–Crippen LogP) is 2.47. The van der Waals surface area contributed by atoms with E-state index in [0.29, 0.717) is 6.61 Å². The van der Waals surface area contributed by atoms with E-state index in [1.54, 1.807) is 6.08 Å². The molecule has 0 aromatic heterocycles. The van der Waals surface area contributed by atoms with Crippen LogP contribution in [-0.2, 0) is 14.2 Å². The molecule has 0 spiro atoms. The molecular weight excluding hydrogens is 216 g/mol. The number of ether oxygens (including phenoxy) is 3. The average molecular weight is 238 g/mol. The molecule has 2 rings (SSSR count). The monoisotopic (exact) mass is 238 g/mol. The Morgan fingerprint density at radius 3 is 2.88 bits per heavy atom. The first-order valence-electron chi connectivity index (χ1n) is 6.45. The minimum atomic E-state index is 0.102. The summed E-state index contributed by atoms with van der Waals surface area (Å²) < 4.78 is 17.6. The van der Waals surface area contributed by atoms with Gasteiger partial charge >= 0.3 is 0 Å². The fraction of sp³-hybridized carbons (Fsp3) is 0.714. The van der Waals surface area contributed by atoms with Gasteiger partial charge in [0.1, 0.15) is 0 Å².